The third-order valence-corrected chi connectivity index (χ3v) is 14.4. The van der Waals surface area contributed by atoms with Crippen molar-refractivity contribution in [3.63, 3.8) is 0 Å². The fourth-order valence-corrected chi connectivity index (χ4v) is 9.47. The molecule has 0 aliphatic carbocycles. The number of amides is 1. The Bertz CT molecular complexity index is 1510. The van der Waals surface area contributed by atoms with E-state index in [4.69, 9.17) is 9.47 Å². The van der Waals surface area contributed by atoms with Crippen LogP contribution in [0.1, 0.15) is 264 Å². The van der Waals surface area contributed by atoms with Crippen molar-refractivity contribution in [3.8, 4) is 0 Å². The van der Waals surface area contributed by atoms with Gasteiger partial charge in [-0.1, -0.05) is 272 Å². The van der Waals surface area contributed by atoms with Crippen molar-refractivity contribution in [2.45, 2.75) is 307 Å². The molecule has 1 aliphatic rings. The molecule has 76 heavy (non-hydrogen) atoms. The van der Waals surface area contributed by atoms with Crippen molar-refractivity contribution in [1.82, 2.24) is 5.32 Å². The number of hydrogen-bond donors (Lipinski definition) is 6. The first-order valence-corrected chi connectivity index (χ1v) is 31.5. The Morgan fingerprint density at radius 1 is 0.461 bits per heavy atom. The summed E-state index contributed by atoms with van der Waals surface area (Å²) in [6.07, 6.45) is 73.4. The summed E-state index contributed by atoms with van der Waals surface area (Å²) in [5, 5.41) is 54.6. The zero-order chi connectivity index (χ0) is 55.0. The number of unbranched alkanes of at least 4 members (excludes halogenated alkanes) is 29. The molecule has 1 rings (SSSR count). The van der Waals surface area contributed by atoms with Crippen LogP contribution in [-0.4, -0.2) is 87.5 Å². The minimum absolute atomic E-state index is 0.189. The van der Waals surface area contributed by atoms with Gasteiger partial charge in [-0.15, -0.1) is 0 Å². The van der Waals surface area contributed by atoms with Crippen LogP contribution in [0.2, 0.25) is 0 Å². The molecule has 7 atom stereocenters. The zero-order valence-electron chi connectivity index (χ0n) is 48.7. The van der Waals surface area contributed by atoms with E-state index in [1.54, 1.807) is 6.08 Å². The van der Waals surface area contributed by atoms with Crippen molar-refractivity contribution >= 4 is 5.91 Å². The summed E-state index contributed by atoms with van der Waals surface area (Å²) in [6.45, 7) is 3.66. The van der Waals surface area contributed by atoms with Crippen LogP contribution in [0.25, 0.3) is 0 Å². The Labute approximate surface area is 466 Å². The standard InChI is InChI=1S/C67H117NO8/c1-3-5-7-9-11-13-15-17-19-21-23-25-26-27-28-29-30-31-32-33-34-35-36-37-39-41-43-45-47-49-51-53-55-57-63(71)68-60(59-75-67-66(74)65(73)64(72)62(58-69)76-67)61(70)56-54-52-50-48-46-44-42-40-38-24-22-20-18-16-14-12-10-8-6-4-2/h5,7,11,13,17,19,23,25,27-28,30-31,46,48,54,56,60-62,64-67,69-70,72-74H,3-4,6,8-10,12,14-16,18,20-22,24,26,29,32-45,47,49-53,55,57-59H2,1-2H3,(H,68,71)/b7-5-,13-11-,19-17-,25-23-,28-27-,31-30-,48-46+,56-54+. The number of aliphatic hydroxyl groups is 5. The topological polar surface area (TPSA) is 149 Å². The molecule has 438 valence electrons. The first kappa shape index (κ1) is 71.1. The Morgan fingerprint density at radius 2 is 0.829 bits per heavy atom. The molecule has 6 N–H and O–H groups in total. The van der Waals surface area contributed by atoms with Gasteiger partial charge in [0.2, 0.25) is 5.91 Å². The fourth-order valence-electron chi connectivity index (χ4n) is 9.47. The molecule has 1 amide bonds. The van der Waals surface area contributed by atoms with Crippen LogP contribution in [0.15, 0.2) is 97.2 Å². The van der Waals surface area contributed by atoms with E-state index in [9.17, 15) is 30.3 Å². The highest BCUT2D eigenvalue weighted by Crippen LogP contribution is 2.23. The maximum atomic E-state index is 13.1. The number of allylic oxidation sites excluding steroid dienone is 15. The Hall–Kier alpha value is -2.89. The van der Waals surface area contributed by atoms with Crippen molar-refractivity contribution in [2.24, 2.45) is 0 Å². The van der Waals surface area contributed by atoms with Crippen LogP contribution < -0.4 is 5.32 Å². The predicted molar refractivity (Wildman–Crippen MR) is 322 cm³/mol. The van der Waals surface area contributed by atoms with Gasteiger partial charge in [-0.05, 0) is 83.5 Å². The number of aliphatic hydroxyl groups excluding tert-OH is 5. The fraction of sp³-hybridized carbons (Fsp3) is 0.746. The van der Waals surface area contributed by atoms with E-state index in [0.29, 0.717) is 6.42 Å². The third kappa shape index (κ3) is 44.0. The highest BCUT2D eigenvalue weighted by molar-refractivity contribution is 5.76. The van der Waals surface area contributed by atoms with Gasteiger partial charge in [0.05, 0.1) is 25.4 Å². The van der Waals surface area contributed by atoms with E-state index < -0.39 is 49.5 Å². The van der Waals surface area contributed by atoms with Gasteiger partial charge in [0.25, 0.3) is 0 Å². The molecule has 0 aromatic rings. The summed E-state index contributed by atoms with van der Waals surface area (Å²) in [7, 11) is 0. The minimum Gasteiger partial charge on any atom is -0.394 e. The molecular weight excluding hydrogens is 947 g/mol. The van der Waals surface area contributed by atoms with Crippen molar-refractivity contribution in [2.75, 3.05) is 13.2 Å². The number of hydrogen-bond acceptors (Lipinski definition) is 8. The first-order chi connectivity index (χ1) is 37.3. The largest absolute Gasteiger partial charge is 0.394 e. The third-order valence-electron chi connectivity index (χ3n) is 14.4. The second-order valence-corrected chi connectivity index (χ2v) is 21.5. The number of carbonyl (C=O) groups excluding carboxylic acids is 1. The highest BCUT2D eigenvalue weighted by atomic mass is 16.7. The van der Waals surface area contributed by atoms with Gasteiger partial charge in [-0.2, -0.15) is 0 Å². The molecule has 7 unspecified atom stereocenters. The van der Waals surface area contributed by atoms with Gasteiger partial charge in [-0.25, -0.2) is 0 Å². The van der Waals surface area contributed by atoms with Crippen LogP contribution in [0.5, 0.6) is 0 Å². The van der Waals surface area contributed by atoms with Crippen LogP contribution in [0.4, 0.5) is 0 Å². The molecule has 0 spiro atoms. The van der Waals surface area contributed by atoms with Crippen molar-refractivity contribution in [3.05, 3.63) is 97.2 Å². The van der Waals surface area contributed by atoms with E-state index >= 15 is 0 Å². The van der Waals surface area contributed by atoms with Crippen molar-refractivity contribution < 1.29 is 39.8 Å². The SMILES string of the molecule is CC/C=C\C/C=C\C/C=C\C/C=C\C/C=C\C/C=C\CCCCCCCCCCCCCCCCC(=O)NC(COC1OC(CO)C(O)C(O)C1O)C(O)/C=C/CC/C=C/CCCCCCCCCCCCCCCC. The van der Waals surface area contributed by atoms with Gasteiger partial charge >= 0.3 is 0 Å². The number of nitrogens with one attached hydrogen (secondary N) is 1. The summed E-state index contributed by atoms with van der Waals surface area (Å²) in [4.78, 5) is 13.1. The predicted octanol–water partition coefficient (Wildman–Crippen LogP) is 16.4. The average Bonchev–Trinajstić information content (AvgIpc) is 3.42. The summed E-state index contributed by atoms with van der Waals surface area (Å²) in [5.41, 5.74) is 0. The average molecular weight is 1060 g/mol. The normalized spacial score (nSPS) is 19.5. The van der Waals surface area contributed by atoms with Crippen LogP contribution >= 0.6 is 0 Å². The lowest BCUT2D eigenvalue weighted by Crippen LogP contribution is -2.60. The van der Waals surface area contributed by atoms with Gasteiger partial charge < -0.3 is 40.3 Å². The van der Waals surface area contributed by atoms with Crippen LogP contribution in [-0.2, 0) is 14.3 Å². The molecule has 0 radical (unpaired) electrons. The second-order valence-electron chi connectivity index (χ2n) is 21.5. The lowest BCUT2D eigenvalue weighted by atomic mass is 9.99. The molecule has 1 aliphatic heterocycles. The van der Waals surface area contributed by atoms with E-state index in [2.05, 4.69) is 104 Å². The molecule has 0 aromatic heterocycles. The zero-order valence-corrected chi connectivity index (χ0v) is 48.7. The van der Waals surface area contributed by atoms with E-state index in [0.717, 1.165) is 77.0 Å². The lowest BCUT2D eigenvalue weighted by Gasteiger charge is -2.40. The summed E-state index contributed by atoms with van der Waals surface area (Å²) >= 11 is 0. The highest BCUT2D eigenvalue weighted by Gasteiger charge is 2.44. The molecule has 0 bridgehead atoms. The van der Waals surface area contributed by atoms with Gasteiger partial charge in [-0.3, -0.25) is 4.79 Å². The maximum Gasteiger partial charge on any atom is 0.220 e. The molecule has 1 fully saturated rings. The Kier molecular flexibility index (Phi) is 51.9. The van der Waals surface area contributed by atoms with E-state index in [-0.39, 0.29) is 12.5 Å². The van der Waals surface area contributed by atoms with Crippen LogP contribution in [0.3, 0.4) is 0 Å². The number of carbonyl (C=O) groups is 1. The summed E-state index contributed by atoms with van der Waals surface area (Å²) in [6, 6.07) is -0.828. The van der Waals surface area contributed by atoms with Gasteiger partial charge in [0, 0.05) is 6.42 Å². The minimum atomic E-state index is -1.58. The van der Waals surface area contributed by atoms with Crippen LogP contribution in [0, 0.1) is 0 Å². The summed E-state index contributed by atoms with van der Waals surface area (Å²) < 4.78 is 11.3. The van der Waals surface area contributed by atoms with Crippen molar-refractivity contribution in [1.29, 1.82) is 0 Å². The molecular formula is C67H117NO8. The van der Waals surface area contributed by atoms with E-state index in [1.165, 1.54) is 167 Å². The monoisotopic (exact) mass is 1060 g/mol. The smallest absolute Gasteiger partial charge is 0.220 e. The van der Waals surface area contributed by atoms with Gasteiger partial charge in [0.15, 0.2) is 6.29 Å². The van der Waals surface area contributed by atoms with Gasteiger partial charge in [0.1, 0.15) is 24.4 Å². The molecule has 1 heterocycles. The molecule has 0 aromatic carbocycles. The Balaban J connectivity index is 2.18. The molecule has 1 saturated heterocycles. The first-order valence-electron chi connectivity index (χ1n) is 31.5. The summed E-state index contributed by atoms with van der Waals surface area (Å²) in [5.74, 6) is -0.189. The molecule has 9 nitrogen and oxygen atoms in total. The molecule has 9 heteroatoms. The Morgan fingerprint density at radius 3 is 1.26 bits per heavy atom. The van der Waals surface area contributed by atoms with E-state index in [1.807, 2.05) is 6.08 Å². The maximum absolute atomic E-state index is 13.1. The lowest BCUT2D eigenvalue weighted by molar-refractivity contribution is -0.302. The number of rotatable bonds is 53. The number of ether oxygens (including phenoxy) is 2. The quantitative estimate of drug-likeness (QED) is 0.0261. The second kappa shape index (κ2) is 55.4. The molecule has 0 saturated carbocycles.